The highest BCUT2D eigenvalue weighted by atomic mass is 16.3. The lowest BCUT2D eigenvalue weighted by Gasteiger charge is -2.11. The predicted molar refractivity (Wildman–Crippen MR) is 65.7 cm³/mol. The molecule has 1 heteroatoms. The maximum absolute atomic E-state index is 9.33. The van der Waals surface area contributed by atoms with Crippen LogP contribution in [0.25, 0.3) is 6.08 Å². The van der Waals surface area contributed by atoms with Gasteiger partial charge in [0.15, 0.2) is 0 Å². The summed E-state index contributed by atoms with van der Waals surface area (Å²) in [5, 5.41) is 9.33. The number of hydrogen-bond acceptors (Lipinski definition) is 1. The largest absolute Gasteiger partial charge is 0.393 e. The van der Waals surface area contributed by atoms with Gasteiger partial charge >= 0.3 is 0 Å². The monoisotopic (exact) mass is 204 g/mol. The van der Waals surface area contributed by atoms with Gasteiger partial charge in [-0.3, -0.25) is 0 Å². The molecule has 0 amide bonds. The molecule has 0 aliphatic carbocycles. The average Bonchev–Trinajstić information content (AvgIpc) is 2.17. The first-order valence-electron chi connectivity index (χ1n) is 5.51. The van der Waals surface area contributed by atoms with Gasteiger partial charge in [-0.2, -0.15) is 0 Å². The Morgan fingerprint density at radius 1 is 1.33 bits per heavy atom. The van der Waals surface area contributed by atoms with Gasteiger partial charge < -0.3 is 5.11 Å². The van der Waals surface area contributed by atoms with Crippen molar-refractivity contribution >= 4 is 6.08 Å². The molecule has 0 saturated carbocycles. The molecule has 0 radical (unpaired) electrons. The number of allylic oxidation sites excluding steroid dienone is 1. The van der Waals surface area contributed by atoms with Crippen LogP contribution in [0.5, 0.6) is 0 Å². The van der Waals surface area contributed by atoms with E-state index in [2.05, 4.69) is 50.3 Å². The maximum Gasteiger partial charge on any atom is 0.0540 e. The van der Waals surface area contributed by atoms with Gasteiger partial charge in [-0.05, 0) is 31.7 Å². The van der Waals surface area contributed by atoms with Crippen molar-refractivity contribution in [1.29, 1.82) is 0 Å². The van der Waals surface area contributed by atoms with E-state index in [1.807, 2.05) is 6.92 Å². The van der Waals surface area contributed by atoms with Crippen molar-refractivity contribution in [3.05, 3.63) is 41.5 Å². The Labute approximate surface area is 92.5 Å². The maximum atomic E-state index is 9.33. The molecule has 1 N–H and O–H groups in total. The van der Waals surface area contributed by atoms with Crippen molar-refractivity contribution in [3.8, 4) is 0 Å². The van der Waals surface area contributed by atoms with Gasteiger partial charge in [-0.1, -0.05) is 48.9 Å². The van der Waals surface area contributed by atoms with E-state index in [4.69, 9.17) is 0 Å². The van der Waals surface area contributed by atoms with Crippen molar-refractivity contribution < 1.29 is 5.11 Å². The van der Waals surface area contributed by atoms with Gasteiger partial charge in [-0.25, -0.2) is 0 Å². The molecule has 1 nitrogen and oxygen atoms in total. The molecule has 1 rings (SSSR count). The normalized spacial score (nSPS) is 15.5. The van der Waals surface area contributed by atoms with Crippen LogP contribution >= 0.6 is 0 Å². The van der Waals surface area contributed by atoms with Crippen LogP contribution < -0.4 is 0 Å². The quantitative estimate of drug-likeness (QED) is 0.796. The number of hydrogen-bond donors (Lipinski definition) is 1. The first kappa shape index (κ1) is 12.0. The summed E-state index contributed by atoms with van der Waals surface area (Å²) >= 11 is 0. The van der Waals surface area contributed by atoms with E-state index in [0.29, 0.717) is 5.92 Å². The summed E-state index contributed by atoms with van der Waals surface area (Å²) in [6.07, 6.45) is 4.94. The second-order valence-corrected chi connectivity index (χ2v) is 4.27. The molecular formula is C14H20O. The van der Waals surface area contributed by atoms with Crippen LogP contribution in [0.3, 0.4) is 0 Å². The van der Waals surface area contributed by atoms with Crippen LogP contribution in [-0.4, -0.2) is 11.2 Å². The van der Waals surface area contributed by atoms with Gasteiger partial charge in [0, 0.05) is 0 Å². The second-order valence-electron chi connectivity index (χ2n) is 4.27. The molecule has 82 valence electrons. The minimum absolute atomic E-state index is 0.229. The second kappa shape index (κ2) is 5.72. The lowest BCUT2D eigenvalue weighted by Crippen LogP contribution is -2.11. The molecule has 1 aromatic carbocycles. The van der Waals surface area contributed by atoms with Gasteiger partial charge in [0.25, 0.3) is 0 Å². The predicted octanol–water partition coefficient (Wildman–Crippen LogP) is 3.42. The Kier molecular flexibility index (Phi) is 4.57. The fraction of sp³-hybridized carbons (Fsp3) is 0.429. The topological polar surface area (TPSA) is 20.2 Å². The molecule has 0 saturated heterocycles. The Bertz CT molecular complexity index is 326. The average molecular weight is 204 g/mol. The highest BCUT2D eigenvalue weighted by Crippen LogP contribution is 2.11. The first-order valence-corrected chi connectivity index (χ1v) is 5.51. The van der Waals surface area contributed by atoms with E-state index in [0.717, 1.165) is 6.42 Å². The zero-order valence-corrected chi connectivity index (χ0v) is 9.77. The zero-order chi connectivity index (χ0) is 11.3. The molecule has 0 aliphatic heterocycles. The van der Waals surface area contributed by atoms with E-state index in [1.165, 1.54) is 11.1 Å². The Balaban J connectivity index is 2.51. The fourth-order valence-electron chi connectivity index (χ4n) is 1.39. The number of benzene rings is 1. The molecule has 0 heterocycles. The molecule has 0 spiro atoms. The van der Waals surface area contributed by atoms with E-state index in [-0.39, 0.29) is 6.10 Å². The molecule has 2 unspecified atom stereocenters. The molecule has 1 aromatic rings. The SMILES string of the molecule is Cc1cccc(C=CCC(C)C(C)O)c1. The third-order valence-electron chi connectivity index (χ3n) is 2.68. The van der Waals surface area contributed by atoms with Gasteiger partial charge in [0.1, 0.15) is 0 Å². The van der Waals surface area contributed by atoms with Crippen molar-refractivity contribution in [2.24, 2.45) is 5.92 Å². The van der Waals surface area contributed by atoms with Crippen molar-refractivity contribution in [1.82, 2.24) is 0 Å². The lowest BCUT2D eigenvalue weighted by atomic mass is 10.0. The molecule has 2 atom stereocenters. The lowest BCUT2D eigenvalue weighted by molar-refractivity contribution is 0.136. The summed E-state index contributed by atoms with van der Waals surface area (Å²) in [6.45, 7) is 5.99. The number of rotatable bonds is 4. The molecule has 0 aromatic heterocycles. The minimum atomic E-state index is -0.229. The summed E-state index contributed by atoms with van der Waals surface area (Å²) in [4.78, 5) is 0. The fourth-order valence-corrected chi connectivity index (χ4v) is 1.39. The van der Waals surface area contributed by atoms with Gasteiger partial charge in [0.2, 0.25) is 0 Å². The number of aliphatic hydroxyl groups is 1. The van der Waals surface area contributed by atoms with Gasteiger partial charge in [-0.15, -0.1) is 0 Å². The van der Waals surface area contributed by atoms with Crippen molar-refractivity contribution in [2.75, 3.05) is 0 Å². The molecule has 0 fully saturated rings. The van der Waals surface area contributed by atoms with Crippen LogP contribution in [0.1, 0.15) is 31.4 Å². The summed E-state index contributed by atoms with van der Waals surface area (Å²) in [5.41, 5.74) is 2.51. The zero-order valence-electron chi connectivity index (χ0n) is 9.77. The van der Waals surface area contributed by atoms with E-state index in [9.17, 15) is 5.11 Å². The Morgan fingerprint density at radius 3 is 2.67 bits per heavy atom. The van der Waals surface area contributed by atoms with Gasteiger partial charge in [0.05, 0.1) is 6.10 Å². The third-order valence-corrected chi connectivity index (χ3v) is 2.68. The van der Waals surface area contributed by atoms with E-state index in [1.54, 1.807) is 0 Å². The summed E-state index contributed by atoms with van der Waals surface area (Å²) in [6, 6.07) is 8.41. The first-order chi connectivity index (χ1) is 7.09. The molecule has 0 bridgehead atoms. The number of aryl methyl sites for hydroxylation is 1. The van der Waals surface area contributed by atoms with Crippen LogP contribution in [0.2, 0.25) is 0 Å². The molecule has 0 aliphatic rings. The van der Waals surface area contributed by atoms with Crippen LogP contribution in [0, 0.1) is 12.8 Å². The highest BCUT2D eigenvalue weighted by molar-refractivity contribution is 5.50. The molecular weight excluding hydrogens is 184 g/mol. The summed E-state index contributed by atoms with van der Waals surface area (Å²) < 4.78 is 0. The number of aliphatic hydroxyl groups excluding tert-OH is 1. The summed E-state index contributed by atoms with van der Waals surface area (Å²) in [7, 11) is 0. The van der Waals surface area contributed by atoms with Crippen LogP contribution in [0.15, 0.2) is 30.3 Å². The smallest absolute Gasteiger partial charge is 0.0540 e. The van der Waals surface area contributed by atoms with E-state index < -0.39 is 0 Å². The van der Waals surface area contributed by atoms with Crippen molar-refractivity contribution in [3.63, 3.8) is 0 Å². The van der Waals surface area contributed by atoms with E-state index >= 15 is 0 Å². The van der Waals surface area contributed by atoms with Crippen molar-refractivity contribution in [2.45, 2.75) is 33.3 Å². The van der Waals surface area contributed by atoms with Crippen LogP contribution in [0.4, 0.5) is 0 Å². The third kappa shape index (κ3) is 4.30. The molecule has 15 heavy (non-hydrogen) atoms. The highest BCUT2D eigenvalue weighted by Gasteiger charge is 2.05. The Morgan fingerprint density at radius 2 is 2.07 bits per heavy atom. The van der Waals surface area contributed by atoms with Crippen LogP contribution in [-0.2, 0) is 0 Å². The minimum Gasteiger partial charge on any atom is -0.393 e. The standard InChI is InChI=1S/C14H20O/c1-11-6-4-8-14(10-11)9-5-7-12(2)13(3)15/h4-6,8-10,12-13,15H,7H2,1-3H3. The Hall–Kier alpha value is -1.08. The summed E-state index contributed by atoms with van der Waals surface area (Å²) in [5.74, 6) is 0.325.